The molecule has 0 saturated carbocycles. The van der Waals surface area contributed by atoms with E-state index in [-0.39, 0.29) is 18.8 Å². The van der Waals surface area contributed by atoms with Crippen molar-refractivity contribution in [1.29, 1.82) is 0 Å². The van der Waals surface area contributed by atoms with Gasteiger partial charge < -0.3 is 19.9 Å². The maximum Gasteiger partial charge on any atom is 0.330 e. The zero-order valence-electron chi connectivity index (χ0n) is 18.0. The summed E-state index contributed by atoms with van der Waals surface area (Å²) in [6.07, 6.45) is 1.67. The van der Waals surface area contributed by atoms with Crippen molar-refractivity contribution in [2.45, 2.75) is 20.0 Å². The molecule has 3 aliphatic rings. The maximum atomic E-state index is 13.5. The summed E-state index contributed by atoms with van der Waals surface area (Å²) in [6.45, 7) is 4.06. The first-order valence-electron chi connectivity index (χ1n) is 10.2. The van der Waals surface area contributed by atoms with Crippen molar-refractivity contribution in [2.24, 2.45) is 10.9 Å². The van der Waals surface area contributed by atoms with Crippen LogP contribution in [0.1, 0.15) is 12.5 Å². The zero-order chi connectivity index (χ0) is 22.0. The van der Waals surface area contributed by atoms with E-state index in [9.17, 15) is 4.79 Å². The lowest BCUT2D eigenvalue weighted by molar-refractivity contribution is 0.305. The predicted octanol–water partition coefficient (Wildman–Crippen LogP) is 1.17. The molecule has 1 unspecified atom stereocenters. The molecule has 2 N–H and O–H groups in total. The minimum absolute atomic E-state index is 0.0477. The molecule has 0 fully saturated rings. The number of aromatic nitrogens is 3. The summed E-state index contributed by atoms with van der Waals surface area (Å²) in [6, 6.07) is 7.42. The molecule has 31 heavy (non-hydrogen) atoms. The topological polar surface area (TPSA) is 103 Å². The standard InChI is InChI=1S/C22H27N5O4/c1-14-10-25-21-20-19(8-16(11-24-20)23-4-5-28)26(22(29)27(21)12-14)13-15-6-17(30-2)9-18(7-15)31-3/h6-9,11,14,25,28H,4-5,10,12-13H2,1-3H3. The Bertz CT molecular complexity index is 1160. The van der Waals surface area contributed by atoms with Gasteiger partial charge in [-0.15, -0.1) is 0 Å². The average Bonchev–Trinajstić information content (AvgIpc) is 2.79. The summed E-state index contributed by atoms with van der Waals surface area (Å²) in [4.78, 5) is 22.5. The molecule has 0 aromatic heterocycles. The molecule has 0 aliphatic carbocycles. The SMILES string of the molecule is COc1cc(Cn2c3cc(=NCCO)cnc-3c3n(c2=O)CC(C)CN3)cc(OC)c1. The lowest BCUT2D eigenvalue weighted by Crippen LogP contribution is -2.41. The van der Waals surface area contributed by atoms with Crippen LogP contribution in [0.3, 0.4) is 0 Å². The molecule has 4 rings (SSSR count). The largest absolute Gasteiger partial charge is 0.497 e. The molecular formula is C22H27N5O4. The molecule has 3 aliphatic heterocycles. The van der Waals surface area contributed by atoms with Gasteiger partial charge >= 0.3 is 5.69 Å². The summed E-state index contributed by atoms with van der Waals surface area (Å²) in [5.41, 5.74) is 2.14. The van der Waals surface area contributed by atoms with Crippen molar-refractivity contribution in [2.75, 3.05) is 39.2 Å². The van der Waals surface area contributed by atoms with Crippen LogP contribution in [0, 0.1) is 5.92 Å². The molecule has 9 heteroatoms. The van der Waals surface area contributed by atoms with Crippen molar-refractivity contribution in [3.8, 4) is 22.9 Å². The fourth-order valence-electron chi connectivity index (χ4n) is 3.86. The van der Waals surface area contributed by atoms with Gasteiger partial charge in [-0.1, -0.05) is 6.92 Å². The van der Waals surface area contributed by atoms with Crippen LogP contribution in [0.15, 0.2) is 40.2 Å². The second-order valence-electron chi connectivity index (χ2n) is 7.70. The van der Waals surface area contributed by atoms with Gasteiger partial charge in [-0.05, 0) is 29.7 Å². The molecule has 9 nitrogen and oxygen atoms in total. The van der Waals surface area contributed by atoms with Crippen molar-refractivity contribution in [3.63, 3.8) is 0 Å². The second-order valence-corrected chi connectivity index (χ2v) is 7.70. The minimum Gasteiger partial charge on any atom is -0.497 e. The Hall–Kier alpha value is -3.33. The predicted molar refractivity (Wildman–Crippen MR) is 117 cm³/mol. The highest BCUT2D eigenvalue weighted by Gasteiger charge is 2.25. The monoisotopic (exact) mass is 425 g/mol. The number of anilines is 1. The fraction of sp³-hybridized carbons (Fsp3) is 0.409. The lowest BCUT2D eigenvalue weighted by Gasteiger charge is -2.29. The number of nitrogens with one attached hydrogen (secondary N) is 1. The Balaban J connectivity index is 1.93. The van der Waals surface area contributed by atoms with Crippen molar-refractivity contribution >= 4 is 5.82 Å². The van der Waals surface area contributed by atoms with Crippen molar-refractivity contribution in [3.05, 3.63) is 51.9 Å². The normalized spacial score (nSPS) is 16.1. The van der Waals surface area contributed by atoms with Gasteiger partial charge in [0.2, 0.25) is 0 Å². The first-order valence-corrected chi connectivity index (χ1v) is 10.2. The van der Waals surface area contributed by atoms with Gasteiger partial charge in [-0.3, -0.25) is 14.1 Å². The van der Waals surface area contributed by atoms with Crippen LogP contribution in [0.4, 0.5) is 5.82 Å². The van der Waals surface area contributed by atoms with Crippen molar-refractivity contribution < 1.29 is 14.6 Å². The molecule has 0 spiro atoms. The van der Waals surface area contributed by atoms with Gasteiger partial charge in [0.15, 0.2) is 0 Å². The number of nitrogens with zero attached hydrogens (tertiary/aromatic N) is 4. The van der Waals surface area contributed by atoms with E-state index >= 15 is 0 Å². The number of fused-ring (bicyclic) bond motifs is 3. The van der Waals surface area contributed by atoms with Crippen LogP contribution in [-0.2, 0) is 13.1 Å². The summed E-state index contributed by atoms with van der Waals surface area (Å²) in [7, 11) is 3.20. The molecular weight excluding hydrogens is 398 g/mol. The highest BCUT2D eigenvalue weighted by molar-refractivity contribution is 5.70. The Labute approximate surface area is 180 Å². The van der Waals surface area contributed by atoms with Gasteiger partial charge in [0.05, 0.1) is 51.2 Å². The van der Waals surface area contributed by atoms with E-state index in [2.05, 4.69) is 22.2 Å². The zero-order valence-corrected chi connectivity index (χ0v) is 18.0. The van der Waals surface area contributed by atoms with Gasteiger partial charge in [-0.25, -0.2) is 9.78 Å². The second kappa shape index (κ2) is 8.81. The van der Waals surface area contributed by atoms with E-state index in [1.54, 1.807) is 35.6 Å². The van der Waals surface area contributed by atoms with E-state index in [0.29, 0.717) is 47.3 Å². The summed E-state index contributed by atoms with van der Waals surface area (Å²) >= 11 is 0. The average molecular weight is 425 g/mol. The van der Waals surface area contributed by atoms with Crippen LogP contribution >= 0.6 is 0 Å². The molecule has 0 amide bonds. The smallest absolute Gasteiger partial charge is 0.330 e. The van der Waals surface area contributed by atoms with Crippen LogP contribution in [-0.4, -0.2) is 53.1 Å². The molecule has 1 aromatic rings. The Kier molecular flexibility index (Phi) is 5.94. The number of hydrogen-bond donors (Lipinski definition) is 2. The Morgan fingerprint density at radius 2 is 1.97 bits per heavy atom. The molecule has 1 atom stereocenters. The third-order valence-electron chi connectivity index (χ3n) is 5.36. The maximum absolute atomic E-state index is 13.5. The van der Waals surface area contributed by atoms with Gasteiger partial charge in [0.1, 0.15) is 23.0 Å². The van der Waals surface area contributed by atoms with E-state index in [4.69, 9.17) is 14.6 Å². The van der Waals surface area contributed by atoms with Crippen molar-refractivity contribution in [1.82, 2.24) is 14.1 Å². The third-order valence-corrected chi connectivity index (χ3v) is 5.36. The van der Waals surface area contributed by atoms with Crippen LogP contribution in [0.25, 0.3) is 11.4 Å². The number of rotatable bonds is 6. The van der Waals surface area contributed by atoms with Crippen LogP contribution in [0.5, 0.6) is 11.5 Å². The Morgan fingerprint density at radius 1 is 1.23 bits per heavy atom. The summed E-state index contributed by atoms with van der Waals surface area (Å²) in [5.74, 6) is 2.37. The van der Waals surface area contributed by atoms with Gasteiger partial charge in [-0.2, -0.15) is 0 Å². The third kappa shape index (κ3) is 4.13. The highest BCUT2D eigenvalue weighted by Crippen LogP contribution is 2.29. The Morgan fingerprint density at radius 3 is 2.65 bits per heavy atom. The molecule has 0 bridgehead atoms. The van der Waals surface area contributed by atoms with E-state index in [0.717, 1.165) is 17.9 Å². The van der Waals surface area contributed by atoms with E-state index in [1.165, 1.54) is 0 Å². The summed E-state index contributed by atoms with van der Waals surface area (Å²) in [5, 5.41) is 13.1. The van der Waals surface area contributed by atoms with E-state index < -0.39 is 0 Å². The first kappa shape index (κ1) is 20.9. The van der Waals surface area contributed by atoms with Crippen LogP contribution < -0.4 is 25.8 Å². The number of hydrogen-bond acceptors (Lipinski definition) is 7. The summed E-state index contributed by atoms with van der Waals surface area (Å²) < 4.78 is 14.2. The lowest BCUT2D eigenvalue weighted by atomic mass is 10.1. The molecule has 0 saturated heterocycles. The number of ether oxygens (including phenoxy) is 2. The highest BCUT2D eigenvalue weighted by atomic mass is 16.5. The number of methoxy groups -OCH3 is 2. The fourth-order valence-corrected chi connectivity index (χ4v) is 3.86. The van der Waals surface area contributed by atoms with Gasteiger partial charge in [0, 0.05) is 19.2 Å². The van der Waals surface area contributed by atoms with Crippen LogP contribution in [0.2, 0.25) is 0 Å². The molecule has 3 heterocycles. The number of aliphatic hydroxyl groups excluding tert-OH is 1. The quantitative estimate of drug-likeness (QED) is 0.615. The number of aliphatic hydroxyl groups is 1. The molecule has 164 valence electrons. The van der Waals surface area contributed by atoms with Gasteiger partial charge in [0.25, 0.3) is 0 Å². The number of benzene rings is 1. The minimum atomic E-state index is -0.121. The van der Waals surface area contributed by atoms with E-state index in [1.807, 2.05) is 18.2 Å². The molecule has 0 radical (unpaired) electrons. The molecule has 1 aromatic carbocycles. The first-order chi connectivity index (χ1) is 15.0. The number of pyridine rings is 1.